The van der Waals surface area contributed by atoms with Gasteiger partial charge in [-0.05, 0) is 49.9 Å². The number of carbonyl (C=O) groups excluding carboxylic acids is 2. The first-order valence-corrected chi connectivity index (χ1v) is 11.6. The molecular formula is C20H27N3O5S. The van der Waals surface area contributed by atoms with Crippen LogP contribution < -0.4 is 4.90 Å². The van der Waals surface area contributed by atoms with Crippen molar-refractivity contribution < 1.29 is 22.7 Å². The van der Waals surface area contributed by atoms with Gasteiger partial charge in [0.15, 0.2) is 0 Å². The number of nitrogens with zero attached hydrogens (tertiary/aromatic N) is 3. The third-order valence-electron chi connectivity index (χ3n) is 5.97. The number of piperazine rings is 1. The van der Waals surface area contributed by atoms with Gasteiger partial charge in [-0.3, -0.25) is 9.59 Å². The number of anilines is 1. The summed E-state index contributed by atoms with van der Waals surface area (Å²) >= 11 is 0. The lowest BCUT2D eigenvalue weighted by atomic mass is 10.00. The van der Waals surface area contributed by atoms with Crippen LogP contribution in [0.2, 0.25) is 0 Å². The molecule has 8 nitrogen and oxygen atoms in total. The third-order valence-corrected chi connectivity index (χ3v) is 7.85. The van der Waals surface area contributed by atoms with Gasteiger partial charge < -0.3 is 14.5 Å². The van der Waals surface area contributed by atoms with E-state index in [1.54, 1.807) is 17.0 Å². The van der Waals surface area contributed by atoms with Gasteiger partial charge in [0.05, 0.1) is 10.6 Å². The lowest BCUT2D eigenvalue weighted by molar-refractivity contribution is -0.137. The van der Waals surface area contributed by atoms with Gasteiger partial charge in [0, 0.05) is 45.2 Å². The molecule has 0 aliphatic carbocycles. The smallest absolute Gasteiger partial charge is 0.248 e. The van der Waals surface area contributed by atoms with Crippen molar-refractivity contribution >= 4 is 27.5 Å². The number of aryl methyl sites for hydroxylation is 1. The standard InChI is InChI=1S/C20H27N3O5S/c1-3-28-13-19(25)21-6-8-22(9-7-21)29(26,27)17-11-15-4-5-18(24)23-14(2)10-16(12-17)20(15)23/h11-12,14H,3-10,13H2,1-2H3/t14-/m0/s1. The van der Waals surface area contributed by atoms with E-state index in [1.165, 1.54) is 4.31 Å². The Balaban J connectivity index is 1.53. The van der Waals surface area contributed by atoms with E-state index in [0.29, 0.717) is 43.9 Å². The van der Waals surface area contributed by atoms with E-state index in [1.807, 2.05) is 18.7 Å². The van der Waals surface area contributed by atoms with Gasteiger partial charge in [0.25, 0.3) is 0 Å². The molecule has 3 heterocycles. The zero-order valence-corrected chi connectivity index (χ0v) is 17.7. The second-order valence-corrected chi connectivity index (χ2v) is 9.77. The lowest BCUT2D eigenvalue weighted by Gasteiger charge is -2.34. The molecule has 9 heteroatoms. The molecule has 0 aromatic heterocycles. The van der Waals surface area contributed by atoms with Crippen LogP contribution >= 0.6 is 0 Å². The van der Waals surface area contributed by atoms with Crippen molar-refractivity contribution in [3.05, 3.63) is 23.3 Å². The summed E-state index contributed by atoms with van der Waals surface area (Å²) in [5, 5.41) is 0. The summed E-state index contributed by atoms with van der Waals surface area (Å²) in [6.07, 6.45) is 1.67. The van der Waals surface area contributed by atoms with Gasteiger partial charge >= 0.3 is 0 Å². The van der Waals surface area contributed by atoms with E-state index in [-0.39, 0.29) is 37.6 Å². The Morgan fingerprint density at radius 3 is 2.52 bits per heavy atom. The number of benzene rings is 1. The maximum atomic E-state index is 13.3. The van der Waals surface area contributed by atoms with Crippen molar-refractivity contribution in [1.82, 2.24) is 9.21 Å². The van der Waals surface area contributed by atoms with Gasteiger partial charge in [-0.1, -0.05) is 0 Å². The van der Waals surface area contributed by atoms with Crippen molar-refractivity contribution in [2.45, 2.75) is 44.0 Å². The summed E-state index contributed by atoms with van der Waals surface area (Å²) in [6.45, 7) is 5.61. The monoisotopic (exact) mass is 421 g/mol. The third kappa shape index (κ3) is 3.55. The summed E-state index contributed by atoms with van der Waals surface area (Å²) < 4.78 is 33.1. The van der Waals surface area contributed by atoms with Crippen LogP contribution in [-0.2, 0) is 37.2 Å². The molecule has 1 atom stereocenters. The van der Waals surface area contributed by atoms with Gasteiger partial charge in [-0.2, -0.15) is 4.31 Å². The van der Waals surface area contributed by atoms with E-state index in [4.69, 9.17) is 4.74 Å². The first kappa shape index (κ1) is 20.3. The molecule has 1 aromatic carbocycles. The quantitative estimate of drug-likeness (QED) is 0.701. The molecule has 1 fully saturated rings. The first-order chi connectivity index (χ1) is 13.8. The minimum atomic E-state index is -3.65. The Bertz CT molecular complexity index is 938. The molecule has 1 saturated heterocycles. The molecule has 1 aromatic rings. The summed E-state index contributed by atoms with van der Waals surface area (Å²) in [5.41, 5.74) is 2.79. The van der Waals surface area contributed by atoms with Crippen LogP contribution in [0.15, 0.2) is 17.0 Å². The minimum absolute atomic E-state index is 0.0326. The van der Waals surface area contributed by atoms with Crippen molar-refractivity contribution in [3.8, 4) is 0 Å². The lowest BCUT2D eigenvalue weighted by Crippen LogP contribution is -2.51. The Hall–Kier alpha value is -1.97. The van der Waals surface area contributed by atoms with Crippen LogP contribution in [0.1, 0.15) is 31.4 Å². The second-order valence-electron chi connectivity index (χ2n) is 7.83. The average Bonchev–Trinajstić information content (AvgIpc) is 3.06. The number of hydrogen-bond donors (Lipinski definition) is 0. The van der Waals surface area contributed by atoms with Crippen LogP contribution in [0.5, 0.6) is 0 Å². The predicted octanol–water partition coefficient (Wildman–Crippen LogP) is 0.780. The number of sulfonamides is 1. The van der Waals surface area contributed by atoms with Crippen molar-refractivity contribution in [3.63, 3.8) is 0 Å². The molecule has 0 bridgehead atoms. The molecule has 0 spiro atoms. The number of rotatable bonds is 5. The molecule has 0 unspecified atom stereocenters. The highest BCUT2D eigenvalue weighted by atomic mass is 32.2. The molecule has 4 rings (SSSR count). The zero-order valence-electron chi connectivity index (χ0n) is 16.9. The van der Waals surface area contributed by atoms with Crippen LogP contribution in [0.3, 0.4) is 0 Å². The molecule has 29 heavy (non-hydrogen) atoms. The van der Waals surface area contributed by atoms with E-state index in [0.717, 1.165) is 16.8 Å². The van der Waals surface area contributed by atoms with E-state index >= 15 is 0 Å². The summed E-state index contributed by atoms with van der Waals surface area (Å²) in [4.78, 5) is 28.1. The highest BCUT2D eigenvalue weighted by Gasteiger charge is 2.38. The number of carbonyl (C=O) groups is 2. The van der Waals surface area contributed by atoms with Gasteiger partial charge in [0.1, 0.15) is 6.61 Å². The highest BCUT2D eigenvalue weighted by Crippen LogP contribution is 2.41. The minimum Gasteiger partial charge on any atom is -0.372 e. The molecule has 3 aliphatic rings. The fraction of sp³-hybridized carbons (Fsp3) is 0.600. The normalized spacial score (nSPS) is 22.1. The fourth-order valence-corrected chi connectivity index (χ4v) is 6.03. The summed E-state index contributed by atoms with van der Waals surface area (Å²) in [5.74, 6) is 0.0109. The zero-order chi connectivity index (χ0) is 20.8. The topological polar surface area (TPSA) is 87.2 Å². The number of hydrogen-bond acceptors (Lipinski definition) is 5. The molecular weight excluding hydrogens is 394 g/mol. The van der Waals surface area contributed by atoms with E-state index in [2.05, 4.69) is 0 Å². The van der Waals surface area contributed by atoms with Gasteiger partial charge in [-0.25, -0.2) is 8.42 Å². The SMILES string of the molecule is CCOCC(=O)N1CCN(S(=O)(=O)c2cc3c4c(c2)C[C@H](C)N4C(=O)CC3)CC1. The van der Waals surface area contributed by atoms with Crippen LogP contribution in [0.25, 0.3) is 0 Å². The second kappa shape index (κ2) is 7.70. The summed E-state index contributed by atoms with van der Waals surface area (Å²) in [6, 6.07) is 3.53. The van der Waals surface area contributed by atoms with Crippen molar-refractivity contribution in [2.75, 3.05) is 44.3 Å². The molecule has 0 saturated carbocycles. The molecule has 0 radical (unpaired) electrons. The Labute approximate surface area is 171 Å². The molecule has 158 valence electrons. The average molecular weight is 422 g/mol. The maximum absolute atomic E-state index is 13.3. The molecule has 3 aliphatic heterocycles. The fourth-order valence-electron chi connectivity index (χ4n) is 4.50. The predicted molar refractivity (Wildman–Crippen MR) is 107 cm³/mol. The van der Waals surface area contributed by atoms with E-state index < -0.39 is 10.0 Å². The van der Waals surface area contributed by atoms with Crippen LogP contribution in [0, 0.1) is 0 Å². The number of ether oxygens (including phenoxy) is 1. The van der Waals surface area contributed by atoms with Crippen molar-refractivity contribution in [2.24, 2.45) is 0 Å². The van der Waals surface area contributed by atoms with Crippen LogP contribution in [-0.4, -0.2) is 74.9 Å². The molecule has 2 amide bonds. The number of amides is 2. The summed E-state index contributed by atoms with van der Waals surface area (Å²) in [7, 11) is -3.65. The van der Waals surface area contributed by atoms with Crippen LogP contribution in [0.4, 0.5) is 5.69 Å². The highest BCUT2D eigenvalue weighted by molar-refractivity contribution is 7.89. The van der Waals surface area contributed by atoms with E-state index in [9.17, 15) is 18.0 Å². The van der Waals surface area contributed by atoms with Crippen molar-refractivity contribution in [1.29, 1.82) is 0 Å². The van der Waals surface area contributed by atoms with Gasteiger partial charge in [-0.15, -0.1) is 0 Å². The Morgan fingerprint density at radius 2 is 1.83 bits per heavy atom. The Morgan fingerprint density at radius 1 is 1.14 bits per heavy atom. The molecule has 0 N–H and O–H groups in total. The largest absolute Gasteiger partial charge is 0.372 e. The van der Waals surface area contributed by atoms with Gasteiger partial charge in [0.2, 0.25) is 21.8 Å². The first-order valence-electron chi connectivity index (χ1n) is 10.2. The maximum Gasteiger partial charge on any atom is 0.248 e. The Kier molecular flexibility index (Phi) is 5.39.